The highest BCUT2D eigenvalue weighted by atomic mass is 32.1. The Morgan fingerprint density at radius 2 is 1.89 bits per heavy atom. The Bertz CT molecular complexity index is 529. The van der Waals surface area contributed by atoms with E-state index in [1.54, 1.807) is 25.2 Å². The molecule has 2 rings (SSSR count). The van der Waals surface area contributed by atoms with Crippen LogP contribution in [0.5, 0.6) is 0 Å². The third kappa shape index (κ3) is 3.43. The first-order chi connectivity index (χ1) is 8.98. The number of thiophene rings is 1. The molecule has 0 aliphatic rings. The van der Waals surface area contributed by atoms with Crippen LogP contribution in [0.15, 0.2) is 47.8 Å². The van der Waals surface area contributed by atoms with Crippen molar-refractivity contribution in [3.05, 3.63) is 58.3 Å². The number of nitrogens with two attached hydrogens (primary N) is 1. The van der Waals surface area contributed by atoms with Crippen molar-refractivity contribution >= 4 is 17.2 Å². The maximum atomic E-state index is 12.1. The van der Waals surface area contributed by atoms with Crippen LogP contribution in [0.4, 0.5) is 0 Å². The van der Waals surface area contributed by atoms with Gasteiger partial charge in [0.05, 0.1) is 11.6 Å². The molecule has 1 heterocycles. The number of carbonyl (C=O) groups is 1. The zero-order valence-corrected chi connectivity index (χ0v) is 11.9. The molecule has 1 aromatic heterocycles. The molecule has 1 unspecified atom stereocenters. The van der Waals surface area contributed by atoms with Gasteiger partial charge in [-0.05, 0) is 30.9 Å². The second-order valence-electron chi connectivity index (χ2n) is 5.05. The molecule has 0 spiro atoms. The fraction of sp³-hybridized carbons (Fsp3) is 0.267. The molecule has 2 aromatic rings. The van der Waals surface area contributed by atoms with E-state index in [1.807, 2.05) is 47.8 Å². The molecule has 0 saturated carbocycles. The maximum Gasteiger partial charge on any atom is 0.240 e. The normalized spacial score (nSPS) is 13.0. The van der Waals surface area contributed by atoms with E-state index in [4.69, 9.17) is 5.73 Å². The maximum absolute atomic E-state index is 12.1. The van der Waals surface area contributed by atoms with Gasteiger partial charge in [-0.25, -0.2) is 0 Å². The summed E-state index contributed by atoms with van der Waals surface area (Å²) in [7, 11) is 0. The Morgan fingerprint density at radius 1 is 1.21 bits per heavy atom. The van der Waals surface area contributed by atoms with Crippen LogP contribution in [0.2, 0.25) is 0 Å². The summed E-state index contributed by atoms with van der Waals surface area (Å²) in [5.74, 6) is -0.158. The zero-order chi connectivity index (χ0) is 13.9. The summed E-state index contributed by atoms with van der Waals surface area (Å²) in [6.07, 6.45) is 0. The lowest BCUT2D eigenvalue weighted by Gasteiger charge is -2.24. The number of amides is 1. The minimum Gasteiger partial charge on any atom is -0.343 e. The number of nitrogens with one attached hydrogen (secondary N) is 1. The molecule has 0 fully saturated rings. The minimum absolute atomic E-state index is 0.142. The predicted octanol–water partition coefficient (Wildman–Crippen LogP) is 2.69. The molecule has 0 saturated heterocycles. The molecule has 4 heteroatoms. The fourth-order valence-corrected chi connectivity index (χ4v) is 2.54. The highest BCUT2D eigenvalue weighted by molar-refractivity contribution is 7.10. The molecule has 1 amide bonds. The van der Waals surface area contributed by atoms with E-state index in [-0.39, 0.29) is 11.9 Å². The van der Waals surface area contributed by atoms with Crippen molar-refractivity contribution in [2.45, 2.75) is 25.4 Å². The molecule has 0 bridgehead atoms. The van der Waals surface area contributed by atoms with Gasteiger partial charge in [-0.1, -0.05) is 36.4 Å². The first-order valence-corrected chi connectivity index (χ1v) is 7.04. The number of benzene rings is 1. The van der Waals surface area contributed by atoms with Crippen LogP contribution in [0, 0.1) is 0 Å². The number of hydrogen-bond donors (Lipinski definition) is 2. The summed E-state index contributed by atoms with van der Waals surface area (Å²) in [4.78, 5) is 13.2. The molecule has 100 valence electrons. The molecule has 0 aliphatic heterocycles. The van der Waals surface area contributed by atoms with Crippen LogP contribution in [-0.4, -0.2) is 11.4 Å². The first-order valence-electron chi connectivity index (χ1n) is 6.16. The second-order valence-corrected chi connectivity index (χ2v) is 6.03. The van der Waals surface area contributed by atoms with Gasteiger partial charge < -0.3 is 11.1 Å². The number of rotatable bonds is 4. The van der Waals surface area contributed by atoms with Crippen molar-refractivity contribution < 1.29 is 4.79 Å². The van der Waals surface area contributed by atoms with Gasteiger partial charge in [0.1, 0.15) is 0 Å². The van der Waals surface area contributed by atoms with Crippen LogP contribution >= 0.6 is 11.3 Å². The van der Waals surface area contributed by atoms with Gasteiger partial charge in [-0.15, -0.1) is 11.3 Å². The van der Waals surface area contributed by atoms with Crippen LogP contribution in [0.1, 0.15) is 30.3 Å². The van der Waals surface area contributed by atoms with E-state index >= 15 is 0 Å². The van der Waals surface area contributed by atoms with E-state index < -0.39 is 5.54 Å². The molecule has 3 N–H and O–H groups in total. The monoisotopic (exact) mass is 274 g/mol. The largest absolute Gasteiger partial charge is 0.343 e. The van der Waals surface area contributed by atoms with Crippen LogP contribution in [0.3, 0.4) is 0 Å². The Balaban J connectivity index is 2.29. The first kappa shape index (κ1) is 13.8. The predicted molar refractivity (Wildman–Crippen MR) is 79.0 cm³/mol. The van der Waals surface area contributed by atoms with E-state index in [0.29, 0.717) is 0 Å². The third-order valence-electron chi connectivity index (χ3n) is 2.82. The molecule has 19 heavy (non-hydrogen) atoms. The molecular weight excluding hydrogens is 256 g/mol. The van der Waals surface area contributed by atoms with Gasteiger partial charge >= 0.3 is 0 Å². The van der Waals surface area contributed by atoms with Gasteiger partial charge in [0.25, 0.3) is 0 Å². The summed E-state index contributed by atoms with van der Waals surface area (Å²) >= 11 is 1.62. The minimum atomic E-state index is -0.885. The van der Waals surface area contributed by atoms with Gasteiger partial charge in [0, 0.05) is 4.88 Å². The van der Waals surface area contributed by atoms with Gasteiger partial charge in [-0.2, -0.15) is 0 Å². The molecular formula is C15H18N2OS. The second kappa shape index (κ2) is 5.55. The summed E-state index contributed by atoms with van der Waals surface area (Å²) in [6.45, 7) is 3.41. The summed E-state index contributed by atoms with van der Waals surface area (Å²) in [5, 5.41) is 5.03. The summed E-state index contributed by atoms with van der Waals surface area (Å²) < 4.78 is 0. The number of carbonyl (C=O) groups excluding carboxylic acids is 1. The standard InChI is InChI=1S/C15H18N2OS/c1-15(2,16)14(18)17-13(12-9-6-10-19-12)11-7-4-3-5-8-11/h3-10,13H,16H2,1-2H3,(H,17,18). The van der Waals surface area contributed by atoms with Crippen molar-refractivity contribution in [1.29, 1.82) is 0 Å². The average Bonchev–Trinajstić information content (AvgIpc) is 2.89. The van der Waals surface area contributed by atoms with Crippen LogP contribution in [-0.2, 0) is 4.79 Å². The lowest BCUT2D eigenvalue weighted by molar-refractivity contribution is -0.125. The lowest BCUT2D eigenvalue weighted by atomic mass is 10.0. The Labute approximate surface area is 117 Å². The SMILES string of the molecule is CC(C)(N)C(=O)NC(c1ccccc1)c1cccs1. The van der Waals surface area contributed by atoms with Gasteiger partial charge in [0.2, 0.25) is 5.91 Å². The van der Waals surface area contributed by atoms with Crippen LogP contribution in [0.25, 0.3) is 0 Å². The highest BCUT2D eigenvalue weighted by Gasteiger charge is 2.26. The zero-order valence-electron chi connectivity index (χ0n) is 11.1. The smallest absolute Gasteiger partial charge is 0.240 e. The molecule has 1 aromatic carbocycles. The van der Waals surface area contributed by atoms with E-state index in [2.05, 4.69) is 5.32 Å². The van der Waals surface area contributed by atoms with Crippen molar-refractivity contribution in [3.8, 4) is 0 Å². The van der Waals surface area contributed by atoms with Gasteiger partial charge in [0.15, 0.2) is 0 Å². The fourth-order valence-electron chi connectivity index (χ4n) is 1.74. The molecule has 3 nitrogen and oxygen atoms in total. The van der Waals surface area contributed by atoms with E-state index in [1.165, 1.54) is 0 Å². The van der Waals surface area contributed by atoms with Crippen molar-refractivity contribution in [1.82, 2.24) is 5.32 Å². The average molecular weight is 274 g/mol. The van der Waals surface area contributed by atoms with Gasteiger partial charge in [-0.3, -0.25) is 4.79 Å². The molecule has 1 atom stereocenters. The Morgan fingerprint density at radius 3 is 2.42 bits per heavy atom. The van der Waals surface area contributed by atoms with Crippen LogP contribution < -0.4 is 11.1 Å². The van der Waals surface area contributed by atoms with E-state index in [0.717, 1.165) is 10.4 Å². The highest BCUT2D eigenvalue weighted by Crippen LogP contribution is 2.26. The summed E-state index contributed by atoms with van der Waals surface area (Å²) in [5.41, 5.74) is 6.02. The molecule has 0 aliphatic carbocycles. The quantitative estimate of drug-likeness (QED) is 0.900. The summed E-state index contributed by atoms with van der Waals surface area (Å²) in [6, 6.07) is 13.8. The lowest BCUT2D eigenvalue weighted by Crippen LogP contribution is -2.50. The number of hydrogen-bond acceptors (Lipinski definition) is 3. The van der Waals surface area contributed by atoms with Crippen molar-refractivity contribution in [3.63, 3.8) is 0 Å². The Hall–Kier alpha value is -1.65. The Kier molecular flexibility index (Phi) is 4.02. The topological polar surface area (TPSA) is 55.1 Å². The molecule has 0 radical (unpaired) electrons. The van der Waals surface area contributed by atoms with Crippen molar-refractivity contribution in [2.24, 2.45) is 5.73 Å². The van der Waals surface area contributed by atoms with Crippen molar-refractivity contribution in [2.75, 3.05) is 0 Å². The third-order valence-corrected chi connectivity index (χ3v) is 3.76. The van der Waals surface area contributed by atoms with E-state index in [9.17, 15) is 4.79 Å².